The molecule has 32 heavy (non-hydrogen) atoms. The average Bonchev–Trinajstić information content (AvgIpc) is 2.83. The first-order chi connectivity index (χ1) is 15.4. The molecule has 2 heterocycles. The van der Waals surface area contributed by atoms with Crippen LogP contribution in [0.4, 0.5) is 0 Å². The quantitative estimate of drug-likeness (QED) is 0.542. The standard InChI is InChI=1S/C23H27N3O5S/c1-30-18-12-17(13-19(14-18)31-2)8-11-25-16-24-22-7-6-20(15-21(22)23(25)27)32(28,29)26-9-4-3-5-10-26/h6-7,12-16H,3-5,8-11H2,1-2H3. The van der Waals surface area contributed by atoms with Gasteiger partial charge < -0.3 is 9.47 Å². The molecule has 1 fully saturated rings. The van der Waals surface area contributed by atoms with Gasteiger partial charge in [0.05, 0.1) is 36.3 Å². The fourth-order valence-electron chi connectivity index (χ4n) is 3.97. The van der Waals surface area contributed by atoms with Crippen molar-refractivity contribution in [3.05, 3.63) is 58.6 Å². The number of hydrogen-bond donors (Lipinski definition) is 0. The highest BCUT2D eigenvalue weighted by molar-refractivity contribution is 7.89. The van der Waals surface area contributed by atoms with Gasteiger partial charge in [-0.05, 0) is 55.2 Å². The fourth-order valence-corrected chi connectivity index (χ4v) is 5.52. The molecular weight excluding hydrogens is 430 g/mol. The van der Waals surface area contributed by atoms with Crippen molar-refractivity contribution in [1.29, 1.82) is 0 Å². The molecule has 0 bridgehead atoms. The Balaban J connectivity index is 1.63. The van der Waals surface area contributed by atoms with Gasteiger partial charge in [-0.25, -0.2) is 13.4 Å². The minimum atomic E-state index is -3.62. The number of nitrogens with zero attached hydrogens (tertiary/aromatic N) is 3. The number of aryl methyl sites for hydroxylation is 2. The average molecular weight is 458 g/mol. The maximum atomic E-state index is 13.1. The molecular formula is C23H27N3O5S. The van der Waals surface area contributed by atoms with E-state index in [0.717, 1.165) is 24.8 Å². The maximum Gasteiger partial charge on any atom is 0.261 e. The predicted octanol–water partition coefficient (Wildman–Crippen LogP) is 2.83. The number of fused-ring (bicyclic) bond motifs is 1. The second kappa shape index (κ2) is 9.30. The van der Waals surface area contributed by atoms with E-state index < -0.39 is 10.0 Å². The lowest BCUT2D eigenvalue weighted by Crippen LogP contribution is -2.35. The molecule has 4 rings (SSSR count). The molecule has 0 unspecified atom stereocenters. The number of methoxy groups -OCH3 is 2. The summed E-state index contributed by atoms with van der Waals surface area (Å²) >= 11 is 0. The number of benzene rings is 2. The van der Waals surface area contributed by atoms with Crippen molar-refractivity contribution in [3.63, 3.8) is 0 Å². The lowest BCUT2D eigenvalue weighted by Gasteiger charge is -2.25. The summed E-state index contributed by atoms with van der Waals surface area (Å²) in [6.07, 6.45) is 4.82. The van der Waals surface area contributed by atoms with Crippen molar-refractivity contribution in [3.8, 4) is 11.5 Å². The Morgan fingerprint density at radius 2 is 1.66 bits per heavy atom. The zero-order valence-electron chi connectivity index (χ0n) is 18.3. The first-order valence-electron chi connectivity index (χ1n) is 10.6. The Morgan fingerprint density at radius 3 is 2.31 bits per heavy atom. The largest absolute Gasteiger partial charge is 0.497 e. The third-order valence-corrected chi connectivity index (χ3v) is 7.70. The van der Waals surface area contributed by atoms with E-state index in [1.807, 2.05) is 12.1 Å². The third kappa shape index (κ3) is 4.49. The number of rotatable bonds is 7. The van der Waals surface area contributed by atoms with Gasteiger partial charge in [-0.3, -0.25) is 9.36 Å². The van der Waals surface area contributed by atoms with Crippen LogP contribution in [0.15, 0.2) is 52.4 Å². The summed E-state index contributed by atoms with van der Waals surface area (Å²) in [6.45, 7) is 1.42. The Morgan fingerprint density at radius 1 is 0.969 bits per heavy atom. The van der Waals surface area contributed by atoms with Gasteiger partial charge in [0.1, 0.15) is 11.5 Å². The maximum absolute atomic E-state index is 13.1. The minimum Gasteiger partial charge on any atom is -0.497 e. The van der Waals surface area contributed by atoms with E-state index in [-0.39, 0.29) is 10.5 Å². The van der Waals surface area contributed by atoms with E-state index in [1.54, 1.807) is 26.4 Å². The van der Waals surface area contributed by atoms with Crippen LogP contribution >= 0.6 is 0 Å². The third-order valence-electron chi connectivity index (χ3n) is 5.80. The van der Waals surface area contributed by atoms with Gasteiger partial charge in [0.15, 0.2) is 0 Å². The summed E-state index contributed by atoms with van der Waals surface area (Å²) in [5.74, 6) is 1.35. The molecule has 0 N–H and O–H groups in total. The lowest BCUT2D eigenvalue weighted by atomic mass is 10.1. The first kappa shape index (κ1) is 22.3. The van der Waals surface area contributed by atoms with Crippen LogP contribution in [0.1, 0.15) is 24.8 Å². The monoisotopic (exact) mass is 457 g/mol. The Labute approximate surface area is 187 Å². The van der Waals surface area contributed by atoms with Crippen molar-refractivity contribution in [2.24, 2.45) is 0 Å². The Hall–Kier alpha value is -2.91. The Bertz CT molecular complexity index is 1260. The molecule has 0 saturated carbocycles. The highest BCUT2D eigenvalue weighted by atomic mass is 32.2. The van der Waals surface area contributed by atoms with Crippen LogP contribution in [-0.4, -0.2) is 49.6 Å². The summed E-state index contributed by atoms with van der Waals surface area (Å²) < 4.78 is 39.7. The van der Waals surface area contributed by atoms with Crippen molar-refractivity contribution in [1.82, 2.24) is 13.9 Å². The van der Waals surface area contributed by atoms with Gasteiger partial charge in [0.25, 0.3) is 5.56 Å². The lowest BCUT2D eigenvalue weighted by molar-refractivity contribution is 0.346. The van der Waals surface area contributed by atoms with E-state index in [9.17, 15) is 13.2 Å². The molecule has 1 saturated heterocycles. The van der Waals surface area contributed by atoms with Crippen LogP contribution in [0.3, 0.4) is 0 Å². The van der Waals surface area contributed by atoms with E-state index in [4.69, 9.17) is 9.47 Å². The van der Waals surface area contributed by atoms with Crippen LogP contribution < -0.4 is 15.0 Å². The zero-order chi connectivity index (χ0) is 22.7. The number of sulfonamides is 1. The molecule has 3 aromatic rings. The number of ether oxygens (including phenoxy) is 2. The zero-order valence-corrected chi connectivity index (χ0v) is 19.1. The molecule has 0 amide bonds. The summed E-state index contributed by atoms with van der Waals surface area (Å²) in [7, 11) is -0.446. The molecule has 9 heteroatoms. The van der Waals surface area contributed by atoms with E-state index in [0.29, 0.717) is 48.5 Å². The normalized spacial score (nSPS) is 15.1. The number of aromatic nitrogens is 2. The molecule has 170 valence electrons. The van der Waals surface area contributed by atoms with Crippen molar-refractivity contribution >= 4 is 20.9 Å². The highest BCUT2D eigenvalue weighted by Gasteiger charge is 2.26. The highest BCUT2D eigenvalue weighted by Crippen LogP contribution is 2.24. The van der Waals surface area contributed by atoms with E-state index >= 15 is 0 Å². The second-order valence-electron chi connectivity index (χ2n) is 7.86. The molecule has 0 spiro atoms. The number of piperidine rings is 1. The fraction of sp³-hybridized carbons (Fsp3) is 0.391. The van der Waals surface area contributed by atoms with Gasteiger partial charge in [-0.15, -0.1) is 0 Å². The summed E-state index contributed by atoms with van der Waals surface area (Å²) in [5.41, 5.74) is 1.17. The summed E-state index contributed by atoms with van der Waals surface area (Å²) in [4.78, 5) is 17.6. The molecule has 2 aromatic carbocycles. The molecule has 0 atom stereocenters. The molecule has 0 radical (unpaired) electrons. The summed E-state index contributed by atoms with van der Waals surface area (Å²) in [5, 5.41) is 0.300. The van der Waals surface area contributed by atoms with Crippen molar-refractivity contribution in [2.75, 3.05) is 27.3 Å². The van der Waals surface area contributed by atoms with Gasteiger partial charge >= 0.3 is 0 Å². The molecule has 8 nitrogen and oxygen atoms in total. The van der Waals surface area contributed by atoms with Gasteiger partial charge in [0.2, 0.25) is 10.0 Å². The topological polar surface area (TPSA) is 90.7 Å². The van der Waals surface area contributed by atoms with Gasteiger partial charge in [0, 0.05) is 25.7 Å². The molecule has 0 aliphatic carbocycles. The van der Waals surface area contributed by atoms with Gasteiger partial charge in [-0.2, -0.15) is 4.31 Å². The van der Waals surface area contributed by atoms with Crippen LogP contribution in [0.5, 0.6) is 11.5 Å². The SMILES string of the molecule is COc1cc(CCn2cnc3ccc(S(=O)(=O)N4CCCCC4)cc3c2=O)cc(OC)c1. The van der Waals surface area contributed by atoms with E-state index in [1.165, 1.54) is 27.3 Å². The molecule has 1 aliphatic rings. The molecule has 1 aliphatic heterocycles. The van der Waals surface area contributed by atoms with Crippen molar-refractivity contribution in [2.45, 2.75) is 37.1 Å². The van der Waals surface area contributed by atoms with Crippen LogP contribution in [-0.2, 0) is 23.0 Å². The molecule has 1 aromatic heterocycles. The van der Waals surface area contributed by atoms with E-state index in [2.05, 4.69) is 4.98 Å². The minimum absolute atomic E-state index is 0.140. The summed E-state index contributed by atoms with van der Waals surface area (Å²) in [6, 6.07) is 10.2. The smallest absolute Gasteiger partial charge is 0.261 e. The van der Waals surface area contributed by atoms with Crippen LogP contribution in [0, 0.1) is 0 Å². The van der Waals surface area contributed by atoms with Crippen LogP contribution in [0.25, 0.3) is 10.9 Å². The predicted molar refractivity (Wildman–Crippen MR) is 122 cm³/mol. The van der Waals surface area contributed by atoms with Gasteiger partial charge in [-0.1, -0.05) is 6.42 Å². The Kier molecular flexibility index (Phi) is 6.48. The second-order valence-corrected chi connectivity index (χ2v) is 9.80. The van der Waals surface area contributed by atoms with Crippen molar-refractivity contribution < 1.29 is 17.9 Å². The number of hydrogen-bond acceptors (Lipinski definition) is 6. The first-order valence-corrected chi connectivity index (χ1v) is 12.1. The van der Waals surface area contributed by atoms with Crippen LogP contribution in [0.2, 0.25) is 0 Å².